The normalized spacial score (nSPS) is 20.9. The molecule has 3 aromatic carbocycles. The van der Waals surface area contributed by atoms with Crippen LogP contribution in [0, 0.1) is 0 Å². The number of tetrazole rings is 1. The molecule has 1 saturated carbocycles. The van der Waals surface area contributed by atoms with Gasteiger partial charge < -0.3 is 10.5 Å². The summed E-state index contributed by atoms with van der Waals surface area (Å²) in [6, 6.07) is 30.9. The number of aromatic nitrogens is 4. The van der Waals surface area contributed by atoms with Crippen molar-refractivity contribution in [2.75, 3.05) is 7.11 Å². The third-order valence-corrected chi connectivity index (χ3v) is 6.25. The van der Waals surface area contributed by atoms with E-state index in [1.165, 1.54) is 0 Å². The van der Waals surface area contributed by atoms with Crippen LogP contribution in [0.3, 0.4) is 0 Å². The van der Waals surface area contributed by atoms with Crippen molar-refractivity contribution in [3.63, 3.8) is 0 Å². The number of nitrogens with two attached hydrogens (primary N) is 1. The molecule has 31 heavy (non-hydrogen) atoms. The summed E-state index contributed by atoms with van der Waals surface area (Å²) in [7, 11) is 1.71. The van der Waals surface area contributed by atoms with Crippen LogP contribution in [0.1, 0.15) is 35.4 Å². The lowest BCUT2D eigenvalue weighted by molar-refractivity contribution is -0.0197. The zero-order valence-electron chi connectivity index (χ0n) is 17.4. The van der Waals surface area contributed by atoms with Gasteiger partial charge in [-0.15, -0.1) is 15.0 Å². The summed E-state index contributed by atoms with van der Waals surface area (Å²) in [5.74, 6) is 0.549. The molecule has 0 saturated heterocycles. The van der Waals surface area contributed by atoms with Gasteiger partial charge in [-0.2, -0.15) is 0 Å². The molecule has 0 aliphatic heterocycles. The highest BCUT2D eigenvalue weighted by atomic mass is 16.5. The summed E-state index contributed by atoms with van der Waals surface area (Å²) in [4.78, 5) is 1.72. The number of nitrogens with zero attached hydrogens (tertiary/aromatic N) is 4. The number of hydrogen-bond acceptors (Lipinski definition) is 5. The molecule has 6 nitrogen and oxygen atoms in total. The van der Waals surface area contributed by atoms with E-state index in [1.807, 2.05) is 54.6 Å². The summed E-state index contributed by atoms with van der Waals surface area (Å²) in [6.07, 6.45) is 1.51. The van der Waals surface area contributed by atoms with E-state index < -0.39 is 11.1 Å². The van der Waals surface area contributed by atoms with Gasteiger partial charge in [0.15, 0.2) is 11.4 Å². The van der Waals surface area contributed by atoms with E-state index in [9.17, 15) is 0 Å². The first kappa shape index (κ1) is 19.6. The largest absolute Gasteiger partial charge is 0.381 e. The molecule has 1 aromatic heterocycles. The minimum atomic E-state index is -0.782. The van der Waals surface area contributed by atoms with Crippen LogP contribution in [0.5, 0.6) is 0 Å². The molecule has 6 heteroatoms. The van der Waals surface area contributed by atoms with Crippen LogP contribution in [0.2, 0.25) is 0 Å². The predicted molar refractivity (Wildman–Crippen MR) is 118 cm³/mol. The van der Waals surface area contributed by atoms with Gasteiger partial charge in [0.1, 0.15) is 0 Å². The second-order valence-electron chi connectivity index (χ2n) is 8.13. The number of rotatable bonds is 6. The van der Waals surface area contributed by atoms with Gasteiger partial charge in [-0.1, -0.05) is 91.0 Å². The smallest absolute Gasteiger partial charge is 0.194 e. The Morgan fingerprint density at radius 1 is 0.839 bits per heavy atom. The lowest BCUT2D eigenvalue weighted by Crippen LogP contribution is -2.53. The lowest BCUT2D eigenvalue weighted by Gasteiger charge is -2.41. The van der Waals surface area contributed by atoms with Crippen LogP contribution in [-0.2, 0) is 15.8 Å². The van der Waals surface area contributed by atoms with E-state index in [0.29, 0.717) is 18.7 Å². The Morgan fingerprint density at radius 2 is 1.29 bits per heavy atom. The Bertz CT molecular complexity index is 1040. The van der Waals surface area contributed by atoms with Gasteiger partial charge in [-0.05, 0) is 34.7 Å². The molecular formula is C25H25N5O. The second kappa shape index (κ2) is 7.72. The van der Waals surface area contributed by atoms with Crippen LogP contribution < -0.4 is 5.73 Å². The average Bonchev–Trinajstić information content (AvgIpc) is 3.31. The fraction of sp³-hybridized carbons (Fsp3) is 0.240. The van der Waals surface area contributed by atoms with Crippen molar-refractivity contribution in [1.82, 2.24) is 20.2 Å². The summed E-state index contributed by atoms with van der Waals surface area (Å²) in [5.41, 5.74) is 8.35. The molecule has 0 atom stereocenters. The van der Waals surface area contributed by atoms with Gasteiger partial charge in [0.05, 0.1) is 11.6 Å². The van der Waals surface area contributed by atoms with E-state index in [0.717, 1.165) is 16.7 Å². The van der Waals surface area contributed by atoms with Crippen LogP contribution in [-0.4, -0.2) is 33.4 Å². The minimum Gasteiger partial charge on any atom is -0.381 e. The van der Waals surface area contributed by atoms with Gasteiger partial charge in [0.2, 0.25) is 0 Å². The monoisotopic (exact) mass is 411 g/mol. The Balaban J connectivity index is 1.74. The molecule has 0 bridgehead atoms. The molecule has 156 valence electrons. The highest BCUT2D eigenvalue weighted by Gasteiger charge is 2.48. The minimum absolute atomic E-state index is 0.138. The van der Waals surface area contributed by atoms with Gasteiger partial charge in [0.25, 0.3) is 0 Å². The first-order valence-corrected chi connectivity index (χ1v) is 10.5. The van der Waals surface area contributed by atoms with Gasteiger partial charge in [0, 0.05) is 7.11 Å². The second-order valence-corrected chi connectivity index (χ2v) is 8.13. The molecule has 0 unspecified atom stereocenters. The van der Waals surface area contributed by atoms with E-state index >= 15 is 0 Å². The van der Waals surface area contributed by atoms with Crippen LogP contribution in [0.4, 0.5) is 0 Å². The molecule has 1 aliphatic carbocycles. The Hall–Kier alpha value is -3.35. The average molecular weight is 412 g/mol. The topological polar surface area (TPSA) is 78.9 Å². The fourth-order valence-electron chi connectivity index (χ4n) is 4.54. The van der Waals surface area contributed by atoms with Gasteiger partial charge in [-0.3, -0.25) is 0 Å². The molecule has 0 radical (unpaired) electrons. The van der Waals surface area contributed by atoms with E-state index in [2.05, 4.69) is 46.7 Å². The number of benzene rings is 3. The van der Waals surface area contributed by atoms with Crippen molar-refractivity contribution < 1.29 is 4.74 Å². The third-order valence-electron chi connectivity index (χ3n) is 6.25. The van der Waals surface area contributed by atoms with Crippen molar-refractivity contribution >= 4 is 0 Å². The van der Waals surface area contributed by atoms with Crippen molar-refractivity contribution in [2.45, 2.75) is 30.0 Å². The summed E-state index contributed by atoms with van der Waals surface area (Å²) < 4.78 is 5.42. The van der Waals surface area contributed by atoms with Crippen LogP contribution >= 0.6 is 0 Å². The Morgan fingerprint density at radius 3 is 1.71 bits per heavy atom. The molecule has 5 rings (SSSR count). The third kappa shape index (κ3) is 3.15. The van der Waals surface area contributed by atoms with Crippen LogP contribution in [0.15, 0.2) is 91.0 Å². The van der Waals surface area contributed by atoms with Crippen molar-refractivity contribution in [2.24, 2.45) is 5.73 Å². The van der Waals surface area contributed by atoms with Gasteiger partial charge >= 0.3 is 0 Å². The molecule has 2 N–H and O–H groups in total. The van der Waals surface area contributed by atoms with Gasteiger partial charge in [-0.25, -0.2) is 0 Å². The molecule has 1 aliphatic rings. The fourth-order valence-corrected chi connectivity index (χ4v) is 4.54. The summed E-state index contributed by atoms with van der Waals surface area (Å²) >= 11 is 0. The molecule has 4 aromatic rings. The zero-order chi connectivity index (χ0) is 21.3. The number of ether oxygens (including phenoxy) is 1. The highest BCUT2D eigenvalue weighted by molar-refractivity contribution is 5.49. The predicted octanol–water partition coefficient (Wildman–Crippen LogP) is 3.48. The summed E-state index contributed by atoms with van der Waals surface area (Å²) in [6.45, 7) is 0. The van der Waals surface area contributed by atoms with Crippen LogP contribution in [0.25, 0.3) is 0 Å². The molecule has 0 spiro atoms. The zero-order valence-corrected chi connectivity index (χ0v) is 17.4. The molecular weight excluding hydrogens is 386 g/mol. The lowest BCUT2D eigenvalue weighted by atomic mass is 9.74. The Kier molecular flexibility index (Phi) is 4.88. The van der Waals surface area contributed by atoms with Crippen molar-refractivity contribution in [1.29, 1.82) is 0 Å². The quantitative estimate of drug-likeness (QED) is 0.492. The standard InChI is InChI=1S/C25H25N5O/c1-31-22-17-24(26,18-22)23-27-29-30(28-23)25(19-11-5-2-6-12-19,20-13-7-3-8-14-20)21-15-9-4-10-16-21/h2-16,22H,17-18,26H2,1H3. The van der Waals surface area contributed by atoms with E-state index in [1.54, 1.807) is 11.9 Å². The Labute approximate surface area is 181 Å². The SMILES string of the molecule is COC1CC(N)(c2nnn(C(c3ccccc3)(c3ccccc3)c3ccccc3)n2)C1. The van der Waals surface area contributed by atoms with Crippen molar-refractivity contribution in [3.8, 4) is 0 Å². The van der Waals surface area contributed by atoms with Crippen molar-refractivity contribution in [3.05, 3.63) is 114 Å². The maximum atomic E-state index is 6.60. The van der Waals surface area contributed by atoms with E-state index in [4.69, 9.17) is 15.6 Å². The molecule has 1 heterocycles. The maximum absolute atomic E-state index is 6.60. The first-order valence-electron chi connectivity index (χ1n) is 10.5. The first-order chi connectivity index (χ1) is 15.2. The maximum Gasteiger partial charge on any atom is 0.194 e. The summed E-state index contributed by atoms with van der Waals surface area (Å²) in [5, 5.41) is 13.9. The number of methoxy groups -OCH3 is 1. The molecule has 1 fully saturated rings. The highest BCUT2D eigenvalue weighted by Crippen LogP contribution is 2.42. The number of hydrogen-bond donors (Lipinski definition) is 1. The van der Waals surface area contributed by atoms with E-state index in [-0.39, 0.29) is 6.10 Å². The molecule has 0 amide bonds.